The summed E-state index contributed by atoms with van der Waals surface area (Å²) < 4.78 is 31.1. The number of halogens is 1. The Bertz CT molecular complexity index is 1050. The summed E-state index contributed by atoms with van der Waals surface area (Å²) in [7, 11) is -3.69. The second-order valence-electron chi connectivity index (χ2n) is 6.74. The van der Waals surface area contributed by atoms with Gasteiger partial charge in [0.15, 0.2) is 17.6 Å². The Morgan fingerprint density at radius 1 is 1.39 bits per heavy atom. The number of aliphatic imine (C=N–C) groups is 1. The van der Waals surface area contributed by atoms with Crippen molar-refractivity contribution in [1.82, 2.24) is 14.9 Å². The van der Waals surface area contributed by atoms with E-state index in [2.05, 4.69) is 21.9 Å². The standard InChI is InChI=1S/C19H23ClN5O5P/c1-13(26)9-29-31(27,30-10-15-4-3-5-16(20)8-15)12-28-7-6-25-11-22-17-14(2)23-19(21)24-18(17)25/h3-5,8,11H,2,6-7,9-10,12H2,1H3,(H3,21,23,24). The Labute approximate surface area is 184 Å². The van der Waals surface area contributed by atoms with Gasteiger partial charge in [0.2, 0.25) is 0 Å². The zero-order chi connectivity index (χ0) is 22.4. The van der Waals surface area contributed by atoms with E-state index >= 15 is 0 Å². The maximum atomic E-state index is 13.0. The molecule has 2 aromatic rings. The largest absolute Gasteiger partial charge is 0.369 e. The van der Waals surface area contributed by atoms with Crippen molar-refractivity contribution in [3.8, 4) is 0 Å². The molecule has 0 amide bonds. The van der Waals surface area contributed by atoms with Gasteiger partial charge in [0.1, 0.15) is 18.6 Å². The van der Waals surface area contributed by atoms with Gasteiger partial charge in [0.25, 0.3) is 0 Å². The molecule has 1 aliphatic heterocycles. The topological polar surface area (TPSA) is 130 Å². The van der Waals surface area contributed by atoms with Crippen LogP contribution in [0.3, 0.4) is 0 Å². The summed E-state index contributed by atoms with van der Waals surface area (Å²) in [6.45, 7) is 5.38. The van der Waals surface area contributed by atoms with Gasteiger partial charge in [-0.05, 0) is 24.6 Å². The van der Waals surface area contributed by atoms with Gasteiger partial charge < -0.3 is 24.9 Å². The third kappa shape index (κ3) is 6.49. The smallest absolute Gasteiger partial charge is 0.356 e. The number of carbonyl (C=O) groups is 1. The molecule has 31 heavy (non-hydrogen) atoms. The van der Waals surface area contributed by atoms with Crippen LogP contribution in [0.2, 0.25) is 5.02 Å². The monoisotopic (exact) mass is 467 g/mol. The maximum absolute atomic E-state index is 13.0. The lowest BCUT2D eigenvalue weighted by Crippen LogP contribution is -2.32. The minimum atomic E-state index is -3.69. The number of Topliss-reactive ketones (excluding diaryl/α,β-unsaturated/α-hetero) is 1. The number of guanidine groups is 1. The molecule has 2 heterocycles. The predicted molar refractivity (Wildman–Crippen MR) is 117 cm³/mol. The SMILES string of the molecule is C=C1NC(N)=Nc2c1ncn2CCOCP(=O)(OCC(C)=O)OCc1cccc(Cl)c1. The number of hydrogen-bond acceptors (Lipinski definition) is 9. The van der Waals surface area contributed by atoms with Gasteiger partial charge in [-0.25, -0.2) is 4.98 Å². The van der Waals surface area contributed by atoms with E-state index in [0.29, 0.717) is 34.3 Å². The van der Waals surface area contributed by atoms with Gasteiger partial charge in [-0.2, -0.15) is 4.99 Å². The lowest BCUT2D eigenvalue weighted by molar-refractivity contribution is -0.119. The highest BCUT2D eigenvalue weighted by atomic mass is 35.5. The van der Waals surface area contributed by atoms with E-state index in [-0.39, 0.29) is 37.9 Å². The Balaban J connectivity index is 1.57. The molecule has 1 aliphatic rings. The van der Waals surface area contributed by atoms with E-state index in [4.69, 9.17) is 31.1 Å². The first-order chi connectivity index (χ1) is 14.8. The molecule has 0 saturated heterocycles. The van der Waals surface area contributed by atoms with Crippen molar-refractivity contribution < 1.29 is 23.1 Å². The molecule has 1 unspecified atom stereocenters. The van der Waals surface area contributed by atoms with Crippen molar-refractivity contribution in [3.63, 3.8) is 0 Å². The summed E-state index contributed by atoms with van der Waals surface area (Å²) in [5, 5.41) is 3.34. The number of rotatable bonds is 11. The summed E-state index contributed by atoms with van der Waals surface area (Å²) in [5.74, 6) is 0.496. The predicted octanol–water partition coefficient (Wildman–Crippen LogP) is 3.05. The summed E-state index contributed by atoms with van der Waals surface area (Å²) >= 11 is 5.96. The van der Waals surface area contributed by atoms with Crippen LogP contribution in [0.5, 0.6) is 0 Å². The molecule has 0 fully saturated rings. The average molecular weight is 468 g/mol. The summed E-state index contributed by atoms with van der Waals surface area (Å²) in [4.78, 5) is 19.7. The molecule has 166 valence electrons. The van der Waals surface area contributed by atoms with Gasteiger partial charge >= 0.3 is 7.60 Å². The van der Waals surface area contributed by atoms with Crippen LogP contribution < -0.4 is 11.1 Å². The van der Waals surface area contributed by atoms with Crippen LogP contribution in [0.15, 0.2) is 42.2 Å². The zero-order valence-electron chi connectivity index (χ0n) is 16.9. The fourth-order valence-corrected chi connectivity index (χ4v) is 4.18. The van der Waals surface area contributed by atoms with Crippen molar-refractivity contribution in [1.29, 1.82) is 0 Å². The molecule has 0 bridgehead atoms. The molecule has 0 radical (unpaired) electrons. The number of hydrogen-bond donors (Lipinski definition) is 2. The molecule has 3 N–H and O–H groups in total. The average Bonchev–Trinajstić information content (AvgIpc) is 3.12. The number of ether oxygens (including phenoxy) is 1. The second-order valence-corrected chi connectivity index (χ2v) is 9.17. The van der Waals surface area contributed by atoms with Gasteiger partial charge in [-0.15, -0.1) is 0 Å². The highest BCUT2D eigenvalue weighted by molar-refractivity contribution is 7.53. The lowest BCUT2D eigenvalue weighted by Gasteiger charge is -2.19. The molecule has 1 aromatic carbocycles. The molecule has 10 nitrogen and oxygen atoms in total. The van der Waals surface area contributed by atoms with E-state index in [9.17, 15) is 9.36 Å². The van der Waals surface area contributed by atoms with Crippen molar-refractivity contribution in [3.05, 3.63) is 53.5 Å². The number of nitrogens with one attached hydrogen (secondary N) is 1. The third-order valence-electron chi connectivity index (χ3n) is 4.11. The molecule has 0 spiro atoms. The van der Waals surface area contributed by atoms with Crippen LogP contribution in [-0.2, 0) is 36.3 Å². The van der Waals surface area contributed by atoms with E-state index in [1.165, 1.54) is 6.92 Å². The molecule has 0 saturated carbocycles. The van der Waals surface area contributed by atoms with Gasteiger partial charge in [0.05, 0.1) is 25.2 Å². The zero-order valence-corrected chi connectivity index (χ0v) is 18.6. The summed E-state index contributed by atoms with van der Waals surface area (Å²) in [6.07, 6.45) is 1.27. The van der Waals surface area contributed by atoms with Gasteiger partial charge in [-0.3, -0.25) is 13.9 Å². The number of nitrogens with zero attached hydrogens (tertiary/aromatic N) is 3. The fourth-order valence-electron chi connectivity index (χ4n) is 2.67. The number of imidazole rings is 1. The first kappa shape index (κ1) is 23.2. The molecule has 12 heteroatoms. The Hall–Kier alpha value is -2.49. The molecule has 3 rings (SSSR count). The molecular weight excluding hydrogens is 445 g/mol. The second kappa shape index (κ2) is 10.2. The number of aromatic nitrogens is 2. The number of carbonyl (C=O) groups excluding carboxylic acids is 1. The number of benzene rings is 1. The molecule has 1 aromatic heterocycles. The third-order valence-corrected chi connectivity index (χ3v) is 5.89. The lowest BCUT2D eigenvalue weighted by atomic mass is 10.2. The van der Waals surface area contributed by atoms with Crippen molar-refractivity contribution in [2.24, 2.45) is 10.7 Å². The van der Waals surface area contributed by atoms with E-state index < -0.39 is 7.60 Å². The highest BCUT2D eigenvalue weighted by Crippen LogP contribution is 2.49. The molecule has 1 atom stereocenters. The quantitative estimate of drug-likeness (QED) is 0.381. The minimum Gasteiger partial charge on any atom is -0.369 e. The van der Waals surface area contributed by atoms with Crippen molar-refractivity contribution >= 4 is 42.5 Å². The Kier molecular flexibility index (Phi) is 7.64. The van der Waals surface area contributed by atoms with E-state index in [0.717, 1.165) is 0 Å². The van der Waals surface area contributed by atoms with Crippen LogP contribution in [0.1, 0.15) is 18.2 Å². The first-order valence-electron chi connectivity index (χ1n) is 9.31. The van der Waals surface area contributed by atoms with Gasteiger partial charge in [-0.1, -0.05) is 30.3 Å². The number of ketones is 1. The van der Waals surface area contributed by atoms with Crippen LogP contribution >= 0.6 is 19.2 Å². The highest BCUT2D eigenvalue weighted by Gasteiger charge is 2.26. The summed E-state index contributed by atoms with van der Waals surface area (Å²) in [5.41, 5.74) is 7.59. The van der Waals surface area contributed by atoms with E-state index in [1.54, 1.807) is 35.2 Å². The van der Waals surface area contributed by atoms with Crippen LogP contribution in [0, 0.1) is 0 Å². The van der Waals surface area contributed by atoms with Crippen LogP contribution in [0.4, 0.5) is 5.82 Å². The van der Waals surface area contributed by atoms with Gasteiger partial charge in [0, 0.05) is 11.6 Å². The normalized spacial score (nSPS) is 15.0. The Morgan fingerprint density at radius 3 is 2.94 bits per heavy atom. The van der Waals surface area contributed by atoms with E-state index in [1.807, 2.05) is 0 Å². The number of nitrogens with two attached hydrogens (primary N) is 1. The number of fused-ring (bicyclic) bond motifs is 1. The summed E-state index contributed by atoms with van der Waals surface area (Å²) in [6, 6.07) is 6.94. The Morgan fingerprint density at radius 2 is 2.19 bits per heavy atom. The van der Waals surface area contributed by atoms with Crippen molar-refractivity contribution in [2.75, 3.05) is 19.6 Å². The first-order valence-corrected chi connectivity index (χ1v) is 11.4. The maximum Gasteiger partial charge on any atom is 0.356 e. The fraction of sp³-hybridized carbons (Fsp3) is 0.316. The minimum absolute atomic E-state index is 0.00274. The molecular formula is C19H23ClN5O5P. The molecule has 0 aliphatic carbocycles. The van der Waals surface area contributed by atoms with Crippen LogP contribution in [0.25, 0.3) is 5.70 Å². The van der Waals surface area contributed by atoms with Crippen molar-refractivity contribution in [2.45, 2.75) is 20.1 Å². The van der Waals surface area contributed by atoms with Crippen LogP contribution in [-0.4, -0.2) is 40.9 Å².